The van der Waals surface area contributed by atoms with Crippen LogP contribution in [0.3, 0.4) is 0 Å². The summed E-state index contributed by atoms with van der Waals surface area (Å²) in [6.07, 6.45) is 2.38. The fourth-order valence-corrected chi connectivity index (χ4v) is 1.47. The average molecular weight is 200 g/mol. The summed E-state index contributed by atoms with van der Waals surface area (Å²) in [5.41, 5.74) is 0. The van der Waals surface area contributed by atoms with Gasteiger partial charge in [-0.05, 0) is 26.3 Å². The molecule has 0 aromatic carbocycles. The Labute approximate surface area is 85.6 Å². The number of nitrogens with one attached hydrogen (secondary N) is 1. The molecule has 4 heteroatoms. The van der Waals surface area contributed by atoms with Crippen molar-refractivity contribution in [2.45, 2.75) is 25.8 Å². The lowest BCUT2D eigenvalue weighted by atomic mass is 10.2. The number of carbonyl (C=O) groups is 1. The molecule has 1 heterocycles. The molecule has 0 aromatic rings. The summed E-state index contributed by atoms with van der Waals surface area (Å²) in [4.78, 5) is 13.0. The number of carbonyl (C=O) groups excluding carboxylic acids is 1. The van der Waals surface area contributed by atoms with E-state index in [9.17, 15) is 4.79 Å². The van der Waals surface area contributed by atoms with E-state index in [4.69, 9.17) is 4.74 Å². The van der Waals surface area contributed by atoms with Gasteiger partial charge >= 0.3 is 0 Å². The van der Waals surface area contributed by atoms with Crippen molar-refractivity contribution >= 4 is 5.91 Å². The van der Waals surface area contributed by atoms with Crippen molar-refractivity contribution in [3.63, 3.8) is 0 Å². The Morgan fingerprint density at radius 1 is 1.64 bits per heavy atom. The average Bonchev–Trinajstić information content (AvgIpc) is 2.69. The van der Waals surface area contributed by atoms with Crippen LogP contribution in [-0.4, -0.2) is 50.2 Å². The van der Waals surface area contributed by atoms with Crippen molar-refractivity contribution in [1.82, 2.24) is 10.2 Å². The summed E-state index contributed by atoms with van der Waals surface area (Å²) < 4.78 is 5.35. The highest BCUT2D eigenvalue weighted by Gasteiger charge is 2.14. The van der Waals surface area contributed by atoms with Crippen molar-refractivity contribution in [2.24, 2.45) is 0 Å². The third kappa shape index (κ3) is 3.64. The van der Waals surface area contributed by atoms with Crippen LogP contribution in [0, 0.1) is 0 Å². The van der Waals surface area contributed by atoms with Crippen molar-refractivity contribution in [3.05, 3.63) is 0 Å². The first-order chi connectivity index (χ1) is 6.74. The van der Waals surface area contributed by atoms with E-state index in [-0.39, 0.29) is 12.5 Å². The van der Waals surface area contributed by atoms with Crippen LogP contribution in [0.15, 0.2) is 0 Å². The molecule has 82 valence electrons. The highest BCUT2D eigenvalue weighted by atomic mass is 16.5. The standard InChI is InChI=1S/C10H20N2O2/c1-3-12(2)10(13)8-14-7-9-5-4-6-11-9/h9,11H,3-8H2,1-2H3. The second kappa shape index (κ2) is 5.98. The number of rotatable bonds is 5. The van der Waals surface area contributed by atoms with Gasteiger partial charge in [0.25, 0.3) is 0 Å². The van der Waals surface area contributed by atoms with E-state index >= 15 is 0 Å². The fraction of sp³-hybridized carbons (Fsp3) is 0.900. The van der Waals surface area contributed by atoms with Gasteiger partial charge < -0.3 is 15.0 Å². The largest absolute Gasteiger partial charge is 0.370 e. The van der Waals surface area contributed by atoms with Gasteiger partial charge in [-0.15, -0.1) is 0 Å². The third-order valence-electron chi connectivity index (χ3n) is 2.61. The molecular formula is C10H20N2O2. The first-order valence-corrected chi connectivity index (χ1v) is 5.29. The predicted octanol–water partition coefficient (Wildman–Crippen LogP) is 0.233. The zero-order chi connectivity index (χ0) is 10.4. The number of likely N-dealkylation sites (N-methyl/N-ethyl adjacent to an activating group) is 1. The van der Waals surface area contributed by atoms with Crippen LogP contribution >= 0.6 is 0 Å². The van der Waals surface area contributed by atoms with Crippen LogP contribution in [0.5, 0.6) is 0 Å². The lowest BCUT2D eigenvalue weighted by Gasteiger charge is -2.15. The second-order valence-corrected chi connectivity index (χ2v) is 3.72. The number of amides is 1. The van der Waals surface area contributed by atoms with E-state index < -0.39 is 0 Å². The molecule has 1 aliphatic rings. The molecule has 1 N–H and O–H groups in total. The zero-order valence-electron chi connectivity index (χ0n) is 9.08. The van der Waals surface area contributed by atoms with E-state index in [0.717, 1.165) is 19.5 Å². The molecule has 4 nitrogen and oxygen atoms in total. The van der Waals surface area contributed by atoms with E-state index in [1.54, 1.807) is 11.9 Å². The number of hydrogen-bond donors (Lipinski definition) is 1. The molecule has 1 saturated heterocycles. The van der Waals surface area contributed by atoms with Gasteiger partial charge in [-0.1, -0.05) is 0 Å². The third-order valence-corrected chi connectivity index (χ3v) is 2.61. The normalized spacial score (nSPS) is 21.1. The lowest BCUT2D eigenvalue weighted by molar-refractivity contribution is -0.134. The smallest absolute Gasteiger partial charge is 0.248 e. The maximum atomic E-state index is 11.3. The Bertz CT molecular complexity index is 179. The van der Waals surface area contributed by atoms with Crippen LogP contribution in [-0.2, 0) is 9.53 Å². The molecule has 0 aromatic heterocycles. The molecule has 1 rings (SSSR count). The zero-order valence-corrected chi connectivity index (χ0v) is 9.08. The van der Waals surface area contributed by atoms with Gasteiger partial charge in [0, 0.05) is 19.6 Å². The molecule has 1 aliphatic heterocycles. The van der Waals surface area contributed by atoms with Gasteiger partial charge in [0.05, 0.1) is 6.61 Å². The lowest BCUT2D eigenvalue weighted by Crippen LogP contribution is -2.33. The molecule has 1 amide bonds. The molecule has 0 spiro atoms. The van der Waals surface area contributed by atoms with Gasteiger partial charge in [-0.2, -0.15) is 0 Å². The van der Waals surface area contributed by atoms with Gasteiger partial charge in [0.2, 0.25) is 5.91 Å². The van der Waals surface area contributed by atoms with Gasteiger partial charge in [-0.3, -0.25) is 4.79 Å². The highest BCUT2D eigenvalue weighted by molar-refractivity contribution is 5.77. The van der Waals surface area contributed by atoms with Crippen molar-refractivity contribution in [2.75, 3.05) is 33.4 Å². The second-order valence-electron chi connectivity index (χ2n) is 3.72. The van der Waals surface area contributed by atoms with Crippen molar-refractivity contribution < 1.29 is 9.53 Å². The minimum Gasteiger partial charge on any atom is -0.370 e. The van der Waals surface area contributed by atoms with Gasteiger partial charge in [0.1, 0.15) is 6.61 Å². The summed E-state index contributed by atoms with van der Waals surface area (Å²) in [7, 11) is 1.79. The first kappa shape index (κ1) is 11.5. The summed E-state index contributed by atoms with van der Waals surface area (Å²) in [6.45, 7) is 4.64. The minimum atomic E-state index is 0.0606. The first-order valence-electron chi connectivity index (χ1n) is 5.29. The Morgan fingerprint density at radius 2 is 2.43 bits per heavy atom. The molecule has 1 unspecified atom stereocenters. The Balaban J connectivity index is 2.05. The van der Waals surface area contributed by atoms with E-state index in [2.05, 4.69) is 5.32 Å². The highest BCUT2D eigenvalue weighted by Crippen LogP contribution is 2.04. The minimum absolute atomic E-state index is 0.0606. The quantitative estimate of drug-likeness (QED) is 0.691. The molecule has 0 radical (unpaired) electrons. The number of ether oxygens (including phenoxy) is 1. The van der Waals surface area contributed by atoms with Crippen LogP contribution in [0.25, 0.3) is 0 Å². The topological polar surface area (TPSA) is 41.6 Å². The van der Waals surface area contributed by atoms with Crippen LogP contribution < -0.4 is 5.32 Å². The molecule has 0 bridgehead atoms. The monoisotopic (exact) mass is 200 g/mol. The Hall–Kier alpha value is -0.610. The molecule has 1 fully saturated rings. The summed E-state index contributed by atoms with van der Waals surface area (Å²) in [5, 5.41) is 3.32. The Morgan fingerprint density at radius 3 is 3.00 bits per heavy atom. The SMILES string of the molecule is CCN(C)C(=O)COCC1CCCN1. The predicted molar refractivity (Wildman–Crippen MR) is 55.2 cm³/mol. The molecule has 1 atom stereocenters. The number of nitrogens with zero attached hydrogens (tertiary/aromatic N) is 1. The Kier molecular flexibility index (Phi) is 4.90. The maximum Gasteiger partial charge on any atom is 0.248 e. The van der Waals surface area contributed by atoms with E-state index in [1.807, 2.05) is 6.92 Å². The van der Waals surface area contributed by atoms with Crippen molar-refractivity contribution in [1.29, 1.82) is 0 Å². The summed E-state index contributed by atoms with van der Waals surface area (Å²) in [6, 6.07) is 0.453. The summed E-state index contributed by atoms with van der Waals surface area (Å²) >= 11 is 0. The van der Waals surface area contributed by atoms with Gasteiger partial charge in [-0.25, -0.2) is 0 Å². The number of hydrogen-bond acceptors (Lipinski definition) is 3. The summed E-state index contributed by atoms with van der Waals surface area (Å²) in [5.74, 6) is 0.0606. The van der Waals surface area contributed by atoms with Crippen LogP contribution in [0.1, 0.15) is 19.8 Å². The van der Waals surface area contributed by atoms with Gasteiger partial charge in [0.15, 0.2) is 0 Å². The maximum absolute atomic E-state index is 11.3. The van der Waals surface area contributed by atoms with Crippen LogP contribution in [0.4, 0.5) is 0 Å². The molecule has 0 aliphatic carbocycles. The van der Waals surface area contributed by atoms with Crippen molar-refractivity contribution in [3.8, 4) is 0 Å². The van der Waals surface area contributed by atoms with Crippen LogP contribution in [0.2, 0.25) is 0 Å². The van der Waals surface area contributed by atoms with E-state index in [0.29, 0.717) is 12.6 Å². The fourth-order valence-electron chi connectivity index (χ4n) is 1.47. The molecular weight excluding hydrogens is 180 g/mol. The van der Waals surface area contributed by atoms with E-state index in [1.165, 1.54) is 6.42 Å². The molecule has 0 saturated carbocycles. The molecule has 14 heavy (non-hydrogen) atoms.